The van der Waals surface area contributed by atoms with Crippen LogP contribution >= 0.6 is 12.6 Å². The van der Waals surface area contributed by atoms with Gasteiger partial charge in [-0.15, -0.1) is 13.2 Å². The Labute approximate surface area is 90.1 Å². The second-order valence-electron chi connectivity index (χ2n) is 2.69. The summed E-state index contributed by atoms with van der Waals surface area (Å²) in [6, 6.07) is 6.87. The summed E-state index contributed by atoms with van der Waals surface area (Å²) in [5.74, 6) is -1.59. The molecule has 0 saturated carbocycles. The maximum atomic E-state index is 12.5. The van der Waals surface area contributed by atoms with Crippen LogP contribution in [0.2, 0.25) is 0 Å². The van der Waals surface area contributed by atoms with Gasteiger partial charge in [-0.05, 0) is 12.1 Å². The number of benzene rings is 1. The number of thiol groups is 1. The Morgan fingerprint density at radius 3 is 2.20 bits per heavy atom. The smallest absolute Gasteiger partial charge is 0.273 e. The van der Waals surface area contributed by atoms with Gasteiger partial charge in [0.05, 0.1) is 11.4 Å². The van der Waals surface area contributed by atoms with E-state index in [1.807, 2.05) is 0 Å². The second-order valence-corrected chi connectivity index (χ2v) is 3.01. The zero-order valence-corrected chi connectivity index (χ0v) is 8.42. The van der Waals surface area contributed by atoms with Crippen LogP contribution in [0.1, 0.15) is 0 Å². The fourth-order valence-corrected chi connectivity index (χ4v) is 1.22. The van der Waals surface area contributed by atoms with Gasteiger partial charge in [0.25, 0.3) is 0 Å². The van der Waals surface area contributed by atoms with E-state index in [2.05, 4.69) is 12.6 Å². The molecule has 1 aromatic rings. The van der Waals surface area contributed by atoms with Gasteiger partial charge >= 0.3 is 6.30 Å². The maximum absolute atomic E-state index is 12.5. The summed E-state index contributed by atoms with van der Waals surface area (Å²) in [5, 5.41) is 0. The maximum Gasteiger partial charge on any atom is 0.491 e. The Balaban J connectivity index is 3.08. The van der Waals surface area contributed by atoms with Gasteiger partial charge < -0.3 is 0 Å². The van der Waals surface area contributed by atoms with Gasteiger partial charge in [0.15, 0.2) is 0 Å². The SMILES string of the molecule is O=C(CS)N(c1ccccc1)C(F)(F)F. The van der Waals surface area contributed by atoms with Crippen molar-refractivity contribution in [3.8, 4) is 0 Å². The topological polar surface area (TPSA) is 20.3 Å². The molecule has 2 nitrogen and oxygen atoms in total. The third-order valence-corrected chi connectivity index (χ3v) is 1.92. The lowest BCUT2D eigenvalue weighted by Crippen LogP contribution is -2.43. The highest BCUT2D eigenvalue weighted by atomic mass is 32.1. The molecule has 1 rings (SSSR count). The standard InChI is InChI=1S/C9H8F3NOS/c10-9(11,12)13(8(14)6-15)7-4-2-1-3-5-7/h1-5,15H,6H2. The monoisotopic (exact) mass is 235 g/mol. The fraction of sp³-hybridized carbons (Fsp3) is 0.222. The van der Waals surface area contributed by atoms with Gasteiger partial charge in [-0.25, -0.2) is 4.90 Å². The molecule has 0 radical (unpaired) electrons. The van der Waals surface area contributed by atoms with Crippen LogP contribution in [0.5, 0.6) is 0 Å². The first-order chi connectivity index (χ1) is 6.96. The average Bonchev–Trinajstić information content (AvgIpc) is 2.17. The molecule has 0 saturated heterocycles. The summed E-state index contributed by atoms with van der Waals surface area (Å²) < 4.78 is 37.5. The lowest BCUT2D eigenvalue weighted by molar-refractivity contribution is -0.148. The van der Waals surface area contributed by atoms with Crippen LogP contribution in [-0.2, 0) is 4.79 Å². The molecule has 0 aromatic heterocycles. The molecule has 1 amide bonds. The van der Waals surface area contributed by atoms with Gasteiger partial charge in [-0.1, -0.05) is 18.2 Å². The summed E-state index contributed by atoms with van der Waals surface area (Å²) in [5.41, 5.74) is -0.205. The first kappa shape index (κ1) is 11.9. The third-order valence-electron chi connectivity index (χ3n) is 1.65. The highest BCUT2D eigenvalue weighted by Gasteiger charge is 2.41. The Kier molecular flexibility index (Phi) is 3.62. The van der Waals surface area contributed by atoms with E-state index in [4.69, 9.17) is 0 Å². The molecule has 0 N–H and O–H groups in total. The molecule has 0 aliphatic heterocycles. The Bertz CT molecular complexity index is 339. The first-order valence-corrected chi connectivity index (χ1v) is 4.65. The minimum atomic E-state index is -4.72. The van der Waals surface area contributed by atoms with E-state index in [1.54, 1.807) is 6.07 Å². The van der Waals surface area contributed by atoms with Crippen molar-refractivity contribution >= 4 is 24.2 Å². The molecule has 0 aliphatic carbocycles. The number of amides is 1. The van der Waals surface area contributed by atoms with E-state index in [1.165, 1.54) is 24.3 Å². The quantitative estimate of drug-likeness (QED) is 0.616. The highest BCUT2D eigenvalue weighted by Crippen LogP contribution is 2.28. The molecule has 0 spiro atoms. The van der Waals surface area contributed by atoms with Crippen LogP contribution in [0.15, 0.2) is 30.3 Å². The molecule has 0 fully saturated rings. The molecular formula is C9H8F3NOS. The summed E-state index contributed by atoms with van der Waals surface area (Å²) in [6.07, 6.45) is -4.72. The zero-order valence-electron chi connectivity index (χ0n) is 7.53. The largest absolute Gasteiger partial charge is 0.491 e. The van der Waals surface area contributed by atoms with Crippen molar-refractivity contribution in [3.05, 3.63) is 30.3 Å². The van der Waals surface area contributed by atoms with Gasteiger partial charge in [0.1, 0.15) is 0 Å². The van der Waals surface area contributed by atoms with Crippen molar-refractivity contribution in [1.82, 2.24) is 0 Å². The number of carbonyl (C=O) groups excluding carboxylic acids is 1. The van der Waals surface area contributed by atoms with Crippen molar-refractivity contribution in [2.45, 2.75) is 6.30 Å². The minimum absolute atomic E-state index is 0.205. The number of hydrogen-bond acceptors (Lipinski definition) is 2. The summed E-state index contributed by atoms with van der Waals surface area (Å²) in [7, 11) is 0. The molecule has 1 aromatic carbocycles. The van der Waals surface area contributed by atoms with E-state index in [0.717, 1.165) is 0 Å². The predicted molar refractivity (Wildman–Crippen MR) is 53.8 cm³/mol. The van der Waals surface area contributed by atoms with Crippen molar-refractivity contribution in [3.63, 3.8) is 0 Å². The number of alkyl halides is 3. The molecule has 0 atom stereocenters. The van der Waals surface area contributed by atoms with Crippen LogP contribution in [0, 0.1) is 0 Å². The van der Waals surface area contributed by atoms with E-state index in [-0.39, 0.29) is 10.6 Å². The van der Waals surface area contributed by atoms with Crippen molar-refractivity contribution in [2.24, 2.45) is 0 Å². The van der Waals surface area contributed by atoms with Gasteiger partial charge in [-0.2, -0.15) is 12.6 Å². The zero-order chi connectivity index (χ0) is 11.5. The summed E-state index contributed by atoms with van der Waals surface area (Å²) in [4.78, 5) is 10.9. The van der Waals surface area contributed by atoms with E-state index >= 15 is 0 Å². The van der Waals surface area contributed by atoms with Gasteiger partial charge in [0, 0.05) is 0 Å². The molecule has 0 heterocycles. The number of carbonyl (C=O) groups is 1. The van der Waals surface area contributed by atoms with Crippen LogP contribution in [0.25, 0.3) is 0 Å². The molecule has 15 heavy (non-hydrogen) atoms. The predicted octanol–water partition coefficient (Wildman–Crippen LogP) is 2.47. The van der Waals surface area contributed by atoms with Crippen molar-refractivity contribution in [2.75, 3.05) is 10.7 Å². The Hall–Kier alpha value is -1.17. The molecule has 82 valence electrons. The number of nitrogens with zero attached hydrogens (tertiary/aromatic N) is 1. The van der Waals surface area contributed by atoms with Crippen LogP contribution in [0.3, 0.4) is 0 Å². The second kappa shape index (κ2) is 4.57. The lowest BCUT2D eigenvalue weighted by atomic mass is 10.3. The number of anilines is 1. The minimum Gasteiger partial charge on any atom is -0.273 e. The van der Waals surface area contributed by atoms with Gasteiger partial charge in [0.2, 0.25) is 5.91 Å². The number of halogens is 3. The molecule has 0 aliphatic rings. The van der Waals surface area contributed by atoms with Crippen molar-refractivity contribution in [1.29, 1.82) is 0 Å². The highest BCUT2D eigenvalue weighted by molar-refractivity contribution is 7.81. The molecular weight excluding hydrogens is 227 g/mol. The number of hydrogen-bond donors (Lipinski definition) is 1. The van der Waals surface area contributed by atoms with E-state index in [9.17, 15) is 18.0 Å². The van der Waals surface area contributed by atoms with Crippen LogP contribution in [-0.4, -0.2) is 18.0 Å². The van der Waals surface area contributed by atoms with Crippen LogP contribution in [0.4, 0.5) is 18.9 Å². The first-order valence-electron chi connectivity index (χ1n) is 4.02. The number of rotatable bonds is 2. The van der Waals surface area contributed by atoms with E-state index < -0.39 is 18.0 Å². The fourth-order valence-electron chi connectivity index (χ4n) is 1.08. The third kappa shape index (κ3) is 2.89. The Morgan fingerprint density at radius 2 is 1.80 bits per heavy atom. The van der Waals surface area contributed by atoms with E-state index in [0.29, 0.717) is 0 Å². The molecule has 6 heteroatoms. The average molecular weight is 235 g/mol. The molecule has 0 unspecified atom stereocenters. The van der Waals surface area contributed by atoms with Crippen molar-refractivity contribution < 1.29 is 18.0 Å². The number of para-hydroxylation sites is 1. The van der Waals surface area contributed by atoms with Crippen LogP contribution < -0.4 is 4.90 Å². The summed E-state index contributed by atoms with van der Waals surface area (Å²) in [6.45, 7) is 0. The normalized spacial score (nSPS) is 11.2. The molecule has 0 bridgehead atoms. The summed E-state index contributed by atoms with van der Waals surface area (Å²) >= 11 is 3.55. The lowest BCUT2D eigenvalue weighted by Gasteiger charge is -2.24. The van der Waals surface area contributed by atoms with Gasteiger partial charge in [-0.3, -0.25) is 4.79 Å². The Morgan fingerprint density at radius 1 is 1.27 bits per heavy atom.